The normalized spacial score (nSPS) is 12.7. The number of benzene rings is 2. The SMILES string of the molecule is C=CC(=O)OCC(O)Oc1ccc(C(C)(C)c2ccc(OC(O)COC(=O)C=C)cc2)cc1. The summed E-state index contributed by atoms with van der Waals surface area (Å²) in [5.74, 6) is -0.438. The molecule has 176 valence electrons. The third kappa shape index (κ3) is 7.78. The molecule has 0 aliphatic carbocycles. The quantitative estimate of drug-likeness (QED) is 0.285. The van der Waals surface area contributed by atoms with Gasteiger partial charge in [0.1, 0.15) is 11.5 Å². The number of ether oxygens (including phenoxy) is 4. The summed E-state index contributed by atoms with van der Waals surface area (Å²) < 4.78 is 20.2. The van der Waals surface area contributed by atoms with Crippen LogP contribution in [0.4, 0.5) is 0 Å². The van der Waals surface area contributed by atoms with E-state index in [1.807, 2.05) is 38.1 Å². The maximum Gasteiger partial charge on any atom is 0.330 e. The summed E-state index contributed by atoms with van der Waals surface area (Å²) >= 11 is 0. The molecule has 0 saturated heterocycles. The van der Waals surface area contributed by atoms with Crippen LogP contribution in [0, 0.1) is 0 Å². The smallest absolute Gasteiger partial charge is 0.330 e. The number of carbonyl (C=O) groups excluding carboxylic acids is 2. The largest absolute Gasteiger partial charge is 0.461 e. The van der Waals surface area contributed by atoms with Gasteiger partial charge in [-0.15, -0.1) is 0 Å². The molecule has 0 heterocycles. The Bertz CT molecular complexity index is 870. The van der Waals surface area contributed by atoms with E-state index < -0.39 is 24.5 Å². The van der Waals surface area contributed by atoms with Crippen LogP contribution in [0.5, 0.6) is 11.5 Å². The van der Waals surface area contributed by atoms with Crippen molar-refractivity contribution >= 4 is 11.9 Å². The fourth-order valence-electron chi connectivity index (χ4n) is 2.87. The van der Waals surface area contributed by atoms with Crippen molar-refractivity contribution in [2.75, 3.05) is 13.2 Å². The molecule has 0 spiro atoms. The third-order valence-corrected chi connectivity index (χ3v) is 4.77. The number of esters is 2. The lowest BCUT2D eigenvalue weighted by Crippen LogP contribution is -2.24. The molecular formula is C25H28O8. The molecule has 0 aromatic heterocycles. The summed E-state index contributed by atoms with van der Waals surface area (Å²) in [5, 5.41) is 19.6. The van der Waals surface area contributed by atoms with Gasteiger partial charge in [0.15, 0.2) is 13.2 Å². The van der Waals surface area contributed by atoms with E-state index >= 15 is 0 Å². The van der Waals surface area contributed by atoms with E-state index in [-0.39, 0.29) is 18.6 Å². The lowest BCUT2D eigenvalue weighted by atomic mass is 9.78. The molecular weight excluding hydrogens is 428 g/mol. The molecule has 0 saturated carbocycles. The topological polar surface area (TPSA) is 112 Å². The van der Waals surface area contributed by atoms with Gasteiger partial charge < -0.3 is 29.2 Å². The molecule has 2 rings (SSSR count). The second-order valence-electron chi connectivity index (χ2n) is 7.49. The maximum absolute atomic E-state index is 11.0. The average molecular weight is 456 g/mol. The van der Waals surface area contributed by atoms with Gasteiger partial charge in [0.25, 0.3) is 0 Å². The molecule has 2 N–H and O–H groups in total. The lowest BCUT2D eigenvalue weighted by molar-refractivity contribution is -0.148. The molecule has 0 bridgehead atoms. The van der Waals surface area contributed by atoms with Crippen LogP contribution in [0.15, 0.2) is 73.8 Å². The van der Waals surface area contributed by atoms with Gasteiger partial charge in [-0.1, -0.05) is 51.3 Å². The van der Waals surface area contributed by atoms with Crippen LogP contribution in [0.25, 0.3) is 0 Å². The van der Waals surface area contributed by atoms with Crippen LogP contribution in [0.2, 0.25) is 0 Å². The molecule has 2 aromatic rings. The molecule has 8 nitrogen and oxygen atoms in total. The summed E-state index contributed by atoms with van der Waals surface area (Å²) in [7, 11) is 0. The number of carbonyl (C=O) groups is 2. The van der Waals surface area contributed by atoms with Crippen molar-refractivity contribution in [2.45, 2.75) is 31.8 Å². The minimum Gasteiger partial charge on any atom is -0.461 e. The first kappa shape index (κ1) is 25.6. The standard InChI is InChI=1S/C25H28O8/c1-5-21(26)30-15-23(28)32-19-11-7-17(8-12-19)25(3,4)18-9-13-20(14-10-18)33-24(29)16-31-22(27)6-2/h5-14,23-24,28-29H,1-2,15-16H2,3-4H3. The van der Waals surface area contributed by atoms with Crippen LogP contribution >= 0.6 is 0 Å². The molecule has 2 aromatic carbocycles. The monoisotopic (exact) mass is 456 g/mol. The van der Waals surface area contributed by atoms with Gasteiger partial charge in [0.05, 0.1) is 0 Å². The Hall–Kier alpha value is -3.62. The van der Waals surface area contributed by atoms with Crippen LogP contribution in [0.1, 0.15) is 25.0 Å². The molecule has 33 heavy (non-hydrogen) atoms. The fourth-order valence-corrected chi connectivity index (χ4v) is 2.87. The van der Waals surface area contributed by atoms with E-state index in [1.54, 1.807) is 24.3 Å². The highest BCUT2D eigenvalue weighted by Crippen LogP contribution is 2.33. The van der Waals surface area contributed by atoms with Crippen molar-refractivity contribution in [3.63, 3.8) is 0 Å². The average Bonchev–Trinajstić information content (AvgIpc) is 2.81. The van der Waals surface area contributed by atoms with Crippen LogP contribution in [-0.2, 0) is 24.5 Å². The maximum atomic E-state index is 11.0. The zero-order valence-electron chi connectivity index (χ0n) is 18.6. The zero-order chi connectivity index (χ0) is 24.4. The van der Waals surface area contributed by atoms with Crippen LogP contribution < -0.4 is 9.47 Å². The highest BCUT2D eigenvalue weighted by molar-refractivity contribution is 5.81. The predicted octanol–water partition coefficient (Wildman–Crippen LogP) is 2.87. The van der Waals surface area contributed by atoms with E-state index in [2.05, 4.69) is 13.2 Å². The number of hydrogen-bond donors (Lipinski definition) is 2. The van der Waals surface area contributed by atoms with Crippen LogP contribution in [-0.4, -0.2) is 47.9 Å². The Morgan fingerprint density at radius 3 is 1.42 bits per heavy atom. The van der Waals surface area contributed by atoms with Gasteiger partial charge in [0, 0.05) is 17.6 Å². The minimum atomic E-state index is -1.30. The predicted molar refractivity (Wildman–Crippen MR) is 121 cm³/mol. The van der Waals surface area contributed by atoms with E-state index in [1.165, 1.54) is 0 Å². The summed E-state index contributed by atoms with van der Waals surface area (Å²) in [6.07, 6.45) is -0.580. The van der Waals surface area contributed by atoms with Gasteiger partial charge in [-0.2, -0.15) is 0 Å². The molecule has 8 heteroatoms. The summed E-state index contributed by atoms with van der Waals surface area (Å²) in [6, 6.07) is 14.4. The number of hydrogen-bond acceptors (Lipinski definition) is 8. The Labute approximate surface area is 192 Å². The first-order valence-corrected chi connectivity index (χ1v) is 10.1. The molecule has 0 amide bonds. The number of rotatable bonds is 12. The fraction of sp³-hybridized carbons (Fsp3) is 0.280. The van der Waals surface area contributed by atoms with Gasteiger partial charge in [-0.3, -0.25) is 0 Å². The first-order chi connectivity index (χ1) is 15.6. The molecule has 0 aliphatic heterocycles. The Kier molecular flexibility index (Phi) is 9.20. The van der Waals surface area contributed by atoms with Gasteiger partial charge in [-0.25, -0.2) is 9.59 Å². The first-order valence-electron chi connectivity index (χ1n) is 10.1. The Balaban J connectivity index is 1.98. The summed E-state index contributed by atoms with van der Waals surface area (Å²) in [5.41, 5.74) is 1.62. The van der Waals surface area contributed by atoms with E-state index in [0.717, 1.165) is 23.3 Å². The summed E-state index contributed by atoms with van der Waals surface area (Å²) in [6.45, 7) is 10.0. The Morgan fingerprint density at radius 2 is 1.12 bits per heavy atom. The van der Waals surface area contributed by atoms with Crippen molar-refractivity contribution in [3.8, 4) is 11.5 Å². The van der Waals surface area contributed by atoms with Crippen molar-refractivity contribution in [3.05, 3.63) is 85.0 Å². The minimum absolute atomic E-state index is 0.308. The van der Waals surface area contributed by atoms with Crippen molar-refractivity contribution < 1.29 is 38.7 Å². The number of aliphatic hydroxyl groups excluding tert-OH is 2. The van der Waals surface area contributed by atoms with E-state index in [4.69, 9.17) is 18.9 Å². The van der Waals surface area contributed by atoms with Crippen LogP contribution in [0.3, 0.4) is 0 Å². The van der Waals surface area contributed by atoms with E-state index in [0.29, 0.717) is 11.5 Å². The lowest BCUT2D eigenvalue weighted by Gasteiger charge is -2.27. The summed E-state index contributed by atoms with van der Waals surface area (Å²) in [4.78, 5) is 22.1. The van der Waals surface area contributed by atoms with Crippen molar-refractivity contribution in [1.29, 1.82) is 0 Å². The molecule has 0 aliphatic rings. The third-order valence-electron chi connectivity index (χ3n) is 4.77. The molecule has 2 unspecified atom stereocenters. The molecule has 0 fully saturated rings. The zero-order valence-corrected chi connectivity index (χ0v) is 18.6. The Morgan fingerprint density at radius 1 is 0.788 bits per heavy atom. The highest BCUT2D eigenvalue weighted by atomic mass is 16.6. The van der Waals surface area contributed by atoms with Crippen molar-refractivity contribution in [1.82, 2.24) is 0 Å². The second kappa shape index (κ2) is 11.8. The van der Waals surface area contributed by atoms with Gasteiger partial charge in [0.2, 0.25) is 12.6 Å². The van der Waals surface area contributed by atoms with Crippen molar-refractivity contribution in [2.24, 2.45) is 0 Å². The van der Waals surface area contributed by atoms with Gasteiger partial charge >= 0.3 is 11.9 Å². The molecule has 0 radical (unpaired) electrons. The van der Waals surface area contributed by atoms with Gasteiger partial charge in [-0.05, 0) is 35.4 Å². The highest BCUT2D eigenvalue weighted by Gasteiger charge is 2.23. The van der Waals surface area contributed by atoms with E-state index in [9.17, 15) is 19.8 Å². The molecule has 2 atom stereocenters. The number of aliphatic hydroxyl groups is 2. The second-order valence-corrected chi connectivity index (χ2v) is 7.49.